The molecular weight excluding hydrogens is 431 g/mol. The molecule has 6 heteroatoms. The highest BCUT2D eigenvalue weighted by Crippen LogP contribution is 2.39. The summed E-state index contributed by atoms with van der Waals surface area (Å²) in [5.74, 6) is 0.451. The molecule has 0 bridgehead atoms. The van der Waals surface area contributed by atoms with Crippen LogP contribution in [0.2, 0.25) is 0 Å². The van der Waals surface area contributed by atoms with Crippen molar-refractivity contribution in [1.29, 1.82) is 0 Å². The molecule has 2 aromatic carbocycles. The minimum Gasteiger partial charge on any atom is -0.481 e. The van der Waals surface area contributed by atoms with E-state index in [1.807, 2.05) is 70.7 Å². The molecule has 1 aliphatic heterocycles. The minimum atomic E-state index is -0.611. The lowest BCUT2D eigenvalue weighted by Crippen LogP contribution is -2.45. The number of rotatable bonds is 7. The summed E-state index contributed by atoms with van der Waals surface area (Å²) >= 11 is 0. The maximum Gasteiger partial charge on any atom is 0.261 e. The predicted octanol–water partition coefficient (Wildman–Crippen LogP) is 5.28. The molecule has 1 heterocycles. The van der Waals surface area contributed by atoms with Gasteiger partial charge in [0.05, 0.1) is 6.04 Å². The molecule has 0 radical (unpaired) electrons. The summed E-state index contributed by atoms with van der Waals surface area (Å²) < 4.78 is 20.3. The van der Waals surface area contributed by atoms with E-state index in [9.17, 15) is 14.0 Å². The lowest BCUT2D eigenvalue weighted by Gasteiger charge is -2.41. The quantitative estimate of drug-likeness (QED) is 0.602. The summed E-state index contributed by atoms with van der Waals surface area (Å²) in [4.78, 5) is 27.8. The van der Waals surface area contributed by atoms with Crippen molar-refractivity contribution in [2.75, 3.05) is 13.1 Å². The van der Waals surface area contributed by atoms with Gasteiger partial charge in [-0.3, -0.25) is 9.59 Å². The van der Waals surface area contributed by atoms with Gasteiger partial charge in [0.25, 0.3) is 5.91 Å². The Bertz CT molecular complexity index is 1030. The van der Waals surface area contributed by atoms with Crippen LogP contribution in [-0.4, -0.2) is 35.9 Å². The monoisotopic (exact) mass is 468 g/mol. The maximum absolute atomic E-state index is 14.2. The zero-order valence-electron chi connectivity index (χ0n) is 21.2. The van der Waals surface area contributed by atoms with Crippen molar-refractivity contribution in [3.05, 3.63) is 65.0 Å². The molecule has 34 heavy (non-hydrogen) atoms. The average Bonchev–Trinajstić information content (AvgIpc) is 2.78. The number of ether oxygens (including phenoxy) is 1. The highest BCUT2D eigenvalue weighted by atomic mass is 19.1. The summed E-state index contributed by atoms with van der Waals surface area (Å²) in [6, 6.07) is 11.8. The van der Waals surface area contributed by atoms with E-state index in [-0.39, 0.29) is 17.6 Å². The summed E-state index contributed by atoms with van der Waals surface area (Å²) in [6.07, 6.45) is 0.624. The fourth-order valence-corrected chi connectivity index (χ4v) is 4.26. The van der Waals surface area contributed by atoms with Gasteiger partial charge in [0.2, 0.25) is 5.91 Å². The van der Waals surface area contributed by atoms with Crippen LogP contribution in [0.1, 0.15) is 70.7 Å². The highest BCUT2D eigenvalue weighted by molar-refractivity contribution is 5.83. The molecule has 2 aromatic rings. The van der Waals surface area contributed by atoms with Gasteiger partial charge in [-0.25, -0.2) is 4.39 Å². The standard InChI is InChI=1S/C28H37FN2O3/c1-7-24(26(32)30-17-18(2)3)34-22-12-11-19-13-14-31(27(33)28(4,5)6)25(23(19)16-22)20-9-8-10-21(29)15-20/h8-12,15-16,18,24-25H,7,13-14,17H2,1-6H3,(H,30,32). The van der Waals surface area contributed by atoms with Crippen LogP contribution < -0.4 is 10.1 Å². The fourth-order valence-electron chi connectivity index (χ4n) is 4.26. The first-order chi connectivity index (χ1) is 16.0. The lowest BCUT2D eigenvalue weighted by molar-refractivity contribution is -0.141. The Morgan fingerprint density at radius 3 is 2.53 bits per heavy atom. The van der Waals surface area contributed by atoms with E-state index in [2.05, 4.69) is 5.32 Å². The van der Waals surface area contributed by atoms with Crippen LogP contribution >= 0.6 is 0 Å². The third kappa shape index (κ3) is 5.96. The second-order valence-electron chi connectivity index (χ2n) is 10.5. The Hall–Kier alpha value is -2.89. The van der Waals surface area contributed by atoms with Crippen molar-refractivity contribution in [2.45, 2.75) is 66.5 Å². The SMILES string of the molecule is CCC(Oc1ccc2c(c1)C(c1cccc(F)c1)N(C(=O)C(C)(C)C)CC2)C(=O)NCC(C)C. The van der Waals surface area contributed by atoms with Crippen LogP contribution in [0.4, 0.5) is 4.39 Å². The number of hydrogen-bond acceptors (Lipinski definition) is 3. The minimum absolute atomic E-state index is 0.0123. The number of carbonyl (C=O) groups excluding carboxylic acids is 2. The summed E-state index contributed by atoms with van der Waals surface area (Å²) in [5, 5.41) is 2.94. The van der Waals surface area contributed by atoms with E-state index >= 15 is 0 Å². The molecule has 2 atom stereocenters. The van der Waals surface area contributed by atoms with Crippen LogP contribution in [0.3, 0.4) is 0 Å². The van der Waals surface area contributed by atoms with Crippen molar-refractivity contribution in [3.8, 4) is 5.75 Å². The second-order valence-corrected chi connectivity index (χ2v) is 10.5. The van der Waals surface area contributed by atoms with Crippen molar-refractivity contribution in [1.82, 2.24) is 10.2 Å². The number of nitrogens with zero attached hydrogens (tertiary/aromatic N) is 1. The van der Waals surface area contributed by atoms with Gasteiger partial charge in [0.15, 0.2) is 6.10 Å². The fraction of sp³-hybridized carbons (Fsp3) is 0.500. The van der Waals surface area contributed by atoms with Crippen molar-refractivity contribution in [3.63, 3.8) is 0 Å². The number of amides is 2. The van der Waals surface area contributed by atoms with Gasteiger partial charge in [-0.05, 0) is 59.7 Å². The molecule has 3 rings (SSSR count). The van der Waals surface area contributed by atoms with Gasteiger partial charge in [-0.2, -0.15) is 0 Å². The van der Waals surface area contributed by atoms with E-state index in [1.54, 1.807) is 6.07 Å². The van der Waals surface area contributed by atoms with Crippen LogP contribution in [0.25, 0.3) is 0 Å². The molecule has 0 saturated heterocycles. The van der Waals surface area contributed by atoms with Crippen LogP contribution in [0.5, 0.6) is 5.75 Å². The van der Waals surface area contributed by atoms with Crippen molar-refractivity contribution >= 4 is 11.8 Å². The zero-order chi connectivity index (χ0) is 25.0. The molecule has 0 saturated carbocycles. The highest BCUT2D eigenvalue weighted by Gasteiger charge is 2.37. The van der Waals surface area contributed by atoms with Gasteiger partial charge >= 0.3 is 0 Å². The largest absolute Gasteiger partial charge is 0.481 e. The number of benzene rings is 2. The summed E-state index contributed by atoms with van der Waals surface area (Å²) in [6.45, 7) is 12.8. The first-order valence-electron chi connectivity index (χ1n) is 12.1. The van der Waals surface area contributed by atoms with E-state index in [0.717, 1.165) is 16.7 Å². The third-order valence-electron chi connectivity index (χ3n) is 6.04. The first-order valence-corrected chi connectivity index (χ1v) is 12.1. The van der Waals surface area contributed by atoms with Crippen molar-refractivity contribution < 1.29 is 18.7 Å². The summed E-state index contributed by atoms with van der Waals surface area (Å²) in [5.41, 5.74) is 2.15. The topological polar surface area (TPSA) is 58.6 Å². The second kappa shape index (κ2) is 10.6. The van der Waals surface area contributed by atoms with E-state index in [1.165, 1.54) is 12.1 Å². The van der Waals surface area contributed by atoms with Crippen LogP contribution in [0.15, 0.2) is 42.5 Å². The molecule has 184 valence electrons. The molecule has 0 spiro atoms. The molecular formula is C28H37FN2O3. The Balaban J connectivity index is 1.98. The molecule has 0 aromatic heterocycles. The maximum atomic E-state index is 14.2. The van der Waals surface area contributed by atoms with Gasteiger partial charge in [0, 0.05) is 18.5 Å². The Labute approximate surface area is 202 Å². The molecule has 1 N–H and O–H groups in total. The predicted molar refractivity (Wildman–Crippen MR) is 132 cm³/mol. The van der Waals surface area contributed by atoms with Crippen LogP contribution in [-0.2, 0) is 16.0 Å². The summed E-state index contributed by atoms with van der Waals surface area (Å²) in [7, 11) is 0. The van der Waals surface area contributed by atoms with Gasteiger partial charge in [-0.15, -0.1) is 0 Å². The normalized spacial score (nSPS) is 16.7. The van der Waals surface area contributed by atoms with Gasteiger partial charge < -0.3 is 15.0 Å². The molecule has 0 aliphatic carbocycles. The smallest absolute Gasteiger partial charge is 0.261 e. The van der Waals surface area contributed by atoms with E-state index in [4.69, 9.17) is 4.74 Å². The molecule has 1 aliphatic rings. The Kier molecular flexibility index (Phi) is 8.01. The molecule has 2 unspecified atom stereocenters. The Morgan fingerprint density at radius 2 is 1.91 bits per heavy atom. The average molecular weight is 469 g/mol. The molecule has 5 nitrogen and oxygen atoms in total. The third-order valence-corrected chi connectivity index (χ3v) is 6.04. The lowest BCUT2D eigenvalue weighted by atomic mass is 9.85. The van der Waals surface area contributed by atoms with Crippen molar-refractivity contribution in [2.24, 2.45) is 11.3 Å². The van der Waals surface area contributed by atoms with E-state index < -0.39 is 17.6 Å². The number of nitrogens with one attached hydrogen (secondary N) is 1. The number of fused-ring (bicyclic) bond motifs is 1. The molecule has 0 fully saturated rings. The molecule has 2 amide bonds. The number of hydrogen-bond donors (Lipinski definition) is 1. The number of halogens is 1. The number of carbonyl (C=O) groups is 2. The van der Waals surface area contributed by atoms with Gasteiger partial charge in [-0.1, -0.05) is 59.7 Å². The van der Waals surface area contributed by atoms with Crippen LogP contribution in [0, 0.1) is 17.2 Å². The van der Waals surface area contributed by atoms with E-state index in [0.29, 0.717) is 37.6 Å². The zero-order valence-corrected chi connectivity index (χ0v) is 21.2. The Morgan fingerprint density at radius 1 is 1.18 bits per heavy atom. The first kappa shape index (κ1) is 25.7. The van der Waals surface area contributed by atoms with Gasteiger partial charge in [0.1, 0.15) is 11.6 Å².